The number of hydrogen-bond acceptors (Lipinski definition) is 4. The topological polar surface area (TPSA) is 73.6 Å². The fourth-order valence-electron chi connectivity index (χ4n) is 3.87. The van der Waals surface area contributed by atoms with Crippen LogP contribution in [0.5, 0.6) is 0 Å². The van der Waals surface area contributed by atoms with Crippen molar-refractivity contribution in [2.45, 2.75) is 18.6 Å². The highest BCUT2D eigenvalue weighted by atomic mass is 35.5. The molecule has 31 heavy (non-hydrogen) atoms. The molecule has 0 saturated carbocycles. The normalized spacial score (nSPS) is 12.9. The molecule has 6 heteroatoms. The summed E-state index contributed by atoms with van der Waals surface area (Å²) in [5.74, 6) is 0.0359. The highest BCUT2D eigenvalue weighted by Crippen LogP contribution is 2.44. The number of carbonyl (C=O) groups is 1. The molecule has 0 fully saturated rings. The van der Waals surface area contributed by atoms with Gasteiger partial charge in [-0.25, -0.2) is 4.79 Å². The van der Waals surface area contributed by atoms with E-state index in [9.17, 15) is 4.79 Å². The summed E-state index contributed by atoms with van der Waals surface area (Å²) < 4.78 is 11.3. The second-order valence-electron chi connectivity index (χ2n) is 7.40. The lowest BCUT2D eigenvalue weighted by Crippen LogP contribution is -2.43. The van der Waals surface area contributed by atoms with Gasteiger partial charge in [0.15, 0.2) is 0 Å². The van der Waals surface area contributed by atoms with Crippen LogP contribution in [0, 0.1) is 0 Å². The number of nitrogens with two attached hydrogens (primary N) is 1. The van der Waals surface area contributed by atoms with E-state index >= 15 is 0 Å². The molecule has 0 aliphatic heterocycles. The summed E-state index contributed by atoms with van der Waals surface area (Å²) in [6.45, 7) is 1.36. The molecule has 3 N–H and O–H groups in total. The summed E-state index contributed by atoms with van der Waals surface area (Å²) in [7, 11) is 0. The number of benzene rings is 3. The van der Waals surface area contributed by atoms with Gasteiger partial charge in [0.05, 0.1) is 19.3 Å². The third kappa shape index (κ3) is 5.44. The largest absolute Gasteiger partial charge is 0.449 e. The van der Waals surface area contributed by atoms with Gasteiger partial charge in [0.1, 0.15) is 6.61 Å². The summed E-state index contributed by atoms with van der Waals surface area (Å²) >= 11 is 0. The van der Waals surface area contributed by atoms with Crippen LogP contribution in [0.1, 0.15) is 22.6 Å². The maximum Gasteiger partial charge on any atom is 0.407 e. The molecule has 0 aromatic heterocycles. The van der Waals surface area contributed by atoms with Crippen molar-refractivity contribution in [1.29, 1.82) is 0 Å². The Kier molecular flexibility index (Phi) is 8.06. The molecule has 0 radical (unpaired) electrons. The molecule has 0 heterocycles. The predicted molar refractivity (Wildman–Crippen MR) is 124 cm³/mol. The molecule has 0 unspecified atom stereocenters. The summed E-state index contributed by atoms with van der Waals surface area (Å²) in [6.07, 6.45) is -0.476. The zero-order chi connectivity index (χ0) is 20.8. The van der Waals surface area contributed by atoms with Crippen LogP contribution in [0.3, 0.4) is 0 Å². The van der Waals surface area contributed by atoms with E-state index in [-0.39, 0.29) is 37.5 Å². The van der Waals surface area contributed by atoms with Crippen molar-refractivity contribution in [3.63, 3.8) is 0 Å². The van der Waals surface area contributed by atoms with Crippen LogP contribution in [0.15, 0.2) is 78.9 Å². The van der Waals surface area contributed by atoms with Crippen LogP contribution in [-0.2, 0) is 16.1 Å². The summed E-state index contributed by atoms with van der Waals surface area (Å²) in [6, 6.07) is 26.1. The van der Waals surface area contributed by atoms with Crippen molar-refractivity contribution in [3.05, 3.63) is 95.6 Å². The molecule has 1 amide bonds. The van der Waals surface area contributed by atoms with E-state index in [1.54, 1.807) is 0 Å². The summed E-state index contributed by atoms with van der Waals surface area (Å²) in [5.41, 5.74) is 11.7. The first kappa shape index (κ1) is 22.8. The van der Waals surface area contributed by atoms with Gasteiger partial charge in [0.25, 0.3) is 0 Å². The van der Waals surface area contributed by atoms with Gasteiger partial charge in [-0.2, -0.15) is 0 Å². The van der Waals surface area contributed by atoms with E-state index in [1.165, 1.54) is 22.3 Å². The quantitative estimate of drug-likeness (QED) is 0.543. The van der Waals surface area contributed by atoms with Crippen molar-refractivity contribution in [3.8, 4) is 11.1 Å². The van der Waals surface area contributed by atoms with Crippen LogP contribution < -0.4 is 11.1 Å². The van der Waals surface area contributed by atoms with Gasteiger partial charge in [0.2, 0.25) is 0 Å². The minimum atomic E-state index is -0.476. The molecule has 162 valence electrons. The Morgan fingerprint density at radius 1 is 0.903 bits per heavy atom. The van der Waals surface area contributed by atoms with E-state index in [0.29, 0.717) is 13.2 Å². The maximum absolute atomic E-state index is 12.4. The number of ether oxygens (including phenoxy) is 2. The number of alkyl carbamates (subject to hydrolysis) is 1. The average molecular weight is 439 g/mol. The van der Waals surface area contributed by atoms with Gasteiger partial charge in [-0.05, 0) is 27.8 Å². The lowest BCUT2D eigenvalue weighted by atomic mass is 9.98. The van der Waals surface area contributed by atoms with Crippen LogP contribution in [0.2, 0.25) is 0 Å². The monoisotopic (exact) mass is 438 g/mol. The van der Waals surface area contributed by atoms with Crippen molar-refractivity contribution in [2.75, 3.05) is 19.8 Å². The molecule has 1 atom stereocenters. The third-order valence-electron chi connectivity index (χ3n) is 5.38. The molecule has 4 rings (SSSR count). The average Bonchev–Trinajstić information content (AvgIpc) is 3.11. The Morgan fingerprint density at radius 2 is 1.48 bits per heavy atom. The van der Waals surface area contributed by atoms with E-state index in [1.807, 2.05) is 54.6 Å². The third-order valence-corrected chi connectivity index (χ3v) is 5.38. The van der Waals surface area contributed by atoms with E-state index in [2.05, 4.69) is 29.6 Å². The SMILES string of the molecule is Cl.NC[C@H](COCc1ccccc1)NC(=O)OCC1c2ccccc2-c2ccccc21. The van der Waals surface area contributed by atoms with Gasteiger partial charge in [0, 0.05) is 12.5 Å². The smallest absolute Gasteiger partial charge is 0.407 e. The van der Waals surface area contributed by atoms with Gasteiger partial charge in [-0.3, -0.25) is 0 Å². The first-order chi connectivity index (χ1) is 14.8. The second kappa shape index (κ2) is 11.0. The highest BCUT2D eigenvalue weighted by molar-refractivity contribution is 5.85. The van der Waals surface area contributed by atoms with Crippen molar-refractivity contribution in [1.82, 2.24) is 5.32 Å². The Morgan fingerprint density at radius 3 is 2.10 bits per heavy atom. The zero-order valence-corrected chi connectivity index (χ0v) is 18.0. The van der Waals surface area contributed by atoms with Crippen LogP contribution in [0.4, 0.5) is 4.79 Å². The van der Waals surface area contributed by atoms with Gasteiger partial charge < -0.3 is 20.5 Å². The van der Waals surface area contributed by atoms with Gasteiger partial charge in [-0.1, -0.05) is 78.9 Å². The van der Waals surface area contributed by atoms with Crippen LogP contribution in [0.25, 0.3) is 11.1 Å². The number of carbonyl (C=O) groups excluding carboxylic acids is 1. The van der Waals surface area contributed by atoms with Gasteiger partial charge >= 0.3 is 6.09 Å². The molecular formula is C25H27ClN2O3. The first-order valence-electron chi connectivity index (χ1n) is 10.2. The second-order valence-corrected chi connectivity index (χ2v) is 7.40. The van der Waals surface area contributed by atoms with E-state index in [4.69, 9.17) is 15.2 Å². The first-order valence-corrected chi connectivity index (χ1v) is 10.2. The number of amides is 1. The lowest BCUT2D eigenvalue weighted by Gasteiger charge is -2.19. The van der Waals surface area contributed by atoms with Crippen LogP contribution >= 0.6 is 12.4 Å². The number of fused-ring (bicyclic) bond motifs is 3. The molecule has 3 aromatic carbocycles. The van der Waals surface area contributed by atoms with Crippen molar-refractivity contribution < 1.29 is 14.3 Å². The minimum absolute atomic E-state index is 0. The predicted octanol–water partition coefficient (Wildman–Crippen LogP) is 4.49. The van der Waals surface area contributed by atoms with Crippen molar-refractivity contribution in [2.24, 2.45) is 5.73 Å². The number of nitrogens with one attached hydrogen (secondary N) is 1. The molecule has 5 nitrogen and oxygen atoms in total. The summed E-state index contributed by atoms with van der Waals surface area (Å²) in [5, 5.41) is 2.81. The van der Waals surface area contributed by atoms with E-state index < -0.39 is 6.09 Å². The fourth-order valence-corrected chi connectivity index (χ4v) is 3.87. The lowest BCUT2D eigenvalue weighted by molar-refractivity contribution is 0.0914. The Balaban J connectivity index is 0.00000272. The molecule has 0 spiro atoms. The molecule has 0 saturated heterocycles. The Hall–Kier alpha value is -2.86. The van der Waals surface area contributed by atoms with Crippen molar-refractivity contribution >= 4 is 18.5 Å². The molecule has 1 aliphatic carbocycles. The fraction of sp³-hybridized carbons (Fsp3) is 0.240. The van der Waals surface area contributed by atoms with E-state index in [0.717, 1.165) is 5.56 Å². The zero-order valence-electron chi connectivity index (χ0n) is 17.2. The number of halogens is 1. The highest BCUT2D eigenvalue weighted by Gasteiger charge is 2.29. The minimum Gasteiger partial charge on any atom is -0.449 e. The standard InChI is InChI=1S/C25H26N2O3.ClH/c26-14-19(16-29-15-18-8-2-1-3-9-18)27-25(28)30-17-24-22-12-6-4-10-20(22)21-11-5-7-13-23(21)24;/h1-13,19,24H,14-17,26H2,(H,27,28);1H/t19-;/m1./s1. The Bertz CT molecular complexity index is 951. The molecule has 3 aromatic rings. The molecular weight excluding hydrogens is 412 g/mol. The van der Waals surface area contributed by atoms with Gasteiger partial charge in [-0.15, -0.1) is 12.4 Å². The van der Waals surface area contributed by atoms with Crippen LogP contribution in [-0.4, -0.2) is 31.9 Å². The Labute approximate surface area is 189 Å². The number of rotatable bonds is 8. The summed E-state index contributed by atoms with van der Waals surface area (Å²) in [4.78, 5) is 12.4. The molecule has 0 bridgehead atoms. The maximum atomic E-state index is 12.4. The number of hydrogen-bond donors (Lipinski definition) is 2. The molecule has 1 aliphatic rings.